The number of carbonyl (C=O) groups is 2. The van der Waals surface area contributed by atoms with E-state index in [9.17, 15) is 14.0 Å². The summed E-state index contributed by atoms with van der Waals surface area (Å²) >= 11 is 1.61. The van der Waals surface area contributed by atoms with Crippen molar-refractivity contribution in [2.24, 2.45) is 0 Å². The molecule has 1 aliphatic rings. The van der Waals surface area contributed by atoms with E-state index in [-0.39, 0.29) is 36.2 Å². The van der Waals surface area contributed by atoms with Gasteiger partial charge in [-0.3, -0.25) is 9.59 Å². The number of ether oxygens (including phenoxy) is 1. The summed E-state index contributed by atoms with van der Waals surface area (Å²) in [7, 11) is 0. The fourth-order valence-electron chi connectivity index (χ4n) is 4.77. The van der Waals surface area contributed by atoms with Gasteiger partial charge in [0, 0.05) is 24.6 Å². The Morgan fingerprint density at radius 3 is 2.43 bits per heavy atom. The van der Waals surface area contributed by atoms with Gasteiger partial charge in [0.2, 0.25) is 11.8 Å². The Labute approximate surface area is 222 Å². The maximum absolute atomic E-state index is 13.8. The van der Waals surface area contributed by atoms with Crippen LogP contribution < -0.4 is 0 Å². The third-order valence-corrected chi connectivity index (χ3v) is 7.94. The summed E-state index contributed by atoms with van der Waals surface area (Å²) in [6.07, 6.45) is 2.43. The highest BCUT2D eigenvalue weighted by molar-refractivity contribution is 7.10. The maximum Gasteiger partial charge on any atom is 0.242 e. The molecule has 7 heteroatoms. The molecule has 5 nitrogen and oxygen atoms in total. The van der Waals surface area contributed by atoms with Crippen molar-refractivity contribution in [2.75, 3.05) is 19.7 Å². The van der Waals surface area contributed by atoms with E-state index in [1.165, 1.54) is 12.1 Å². The highest BCUT2D eigenvalue weighted by Crippen LogP contribution is 2.25. The third-order valence-electron chi connectivity index (χ3n) is 6.94. The van der Waals surface area contributed by atoms with Gasteiger partial charge < -0.3 is 14.5 Å². The van der Waals surface area contributed by atoms with Gasteiger partial charge in [-0.15, -0.1) is 11.3 Å². The fourth-order valence-corrected chi connectivity index (χ4v) is 5.69. The highest BCUT2D eigenvalue weighted by atomic mass is 32.1. The minimum absolute atomic E-state index is 0.0202. The van der Waals surface area contributed by atoms with Crippen molar-refractivity contribution in [1.29, 1.82) is 0 Å². The van der Waals surface area contributed by atoms with Gasteiger partial charge in [-0.05, 0) is 66.5 Å². The number of carbonyl (C=O) groups excluding carboxylic acids is 2. The first-order valence-corrected chi connectivity index (χ1v) is 13.8. The summed E-state index contributed by atoms with van der Waals surface area (Å²) < 4.78 is 19.4. The second-order valence-electron chi connectivity index (χ2n) is 9.63. The SMILES string of the molecule is CCC(C(=O)N(CC(=O)N(Cc1ccc(F)cc1)Cc1sccc1C)CC1CCCO1)c1ccccc1. The Kier molecular flexibility index (Phi) is 9.47. The van der Waals surface area contributed by atoms with Gasteiger partial charge in [-0.1, -0.05) is 49.4 Å². The van der Waals surface area contributed by atoms with Crippen LogP contribution in [0.1, 0.15) is 53.7 Å². The lowest BCUT2D eigenvalue weighted by Crippen LogP contribution is -2.46. The molecule has 1 aromatic heterocycles. The zero-order valence-electron chi connectivity index (χ0n) is 21.6. The molecule has 37 heavy (non-hydrogen) atoms. The zero-order chi connectivity index (χ0) is 26.2. The maximum atomic E-state index is 13.8. The minimum Gasteiger partial charge on any atom is -0.376 e. The van der Waals surface area contributed by atoms with Gasteiger partial charge in [0.1, 0.15) is 5.82 Å². The van der Waals surface area contributed by atoms with E-state index in [0.29, 0.717) is 32.7 Å². The van der Waals surface area contributed by atoms with Crippen molar-refractivity contribution < 1.29 is 18.7 Å². The lowest BCUT2D eigenvalue weighted by atomic mass is 9.94. The molecule has 0 saturated carbocycles. The minimum atomic E-state index is -0.319. The molecule has 2 aromatic carbocycles. The number of hydrogen-bond acceptors (Lipinski definition) is 4. The van der Waals surface area contributed by atoms with Gasteiger partial charge >= 0.3 is 0 Å². The Hall–Kier alpha value is -3.03. The smallest absolute Gasteiger partial charge is 0.242 e. The number of hydrogen-bond donors (Lipinski definition) is 0. The molecule has 2 unspecified atom stereocenters. The van der Waals surface area contributed by atoms with Crippen LogP contribution in [0.4, 0.5) is 4.39 Å². The fraction of sp³-hybridized carbons (Fsp3) is 0.400. The number of thiophene rings is 1. The molecule has 1 aliphatic heterocycles. The number of nitrogens with zero attached hydrogens (tertiary/aromatic N) is 2. The number of halogens is 1. The Balaban J connectivity index is 1.57. The first kappa shape index (κ1) is 27.0. The zero-order valence-corrected chi connectivity index (χ0v) is 22.4. The van der Waals surface area contributed by atoms with Gasteiger partial charge in [0.15, 0.2) is 0 Å². The Morgan fingerprint density at radius 1 is 1.05 bits per heavy atom. The summed E-state index contributed by atoms with van der Waals surface area (Å²) in [5.74, 6) is -0.811. The summed E-state index contributed by atoms with van der Waals surface area (Å²) in [6.45, 7) is 5.88. The van der Waals surface area contributed by atoms with Crippen molar-refractivity contribution in [3.05, 3.63) is 93.4 Å². The monoisotopic (exact) mass is 522 g/mol. The number of benzene rings is 2. The molecule has 3 aromatic rings. The number of rotatable bonds is 11. The first-order chi connectivity index (χ1) is 17.9. The first-order valence-electron chi connectivity index (χ1n) is 12.9. The molecule has 2 atom stereocenters. The van der Waals surface area contributed by atoms with Crippen LogP contribution in [0.25, 0.3) is 0 Å². The highest BCUT2D eigenvalue weighted by Gasteiger charge is 2.31. The van der Waals surface area contributed by atoms with Crippen molar-refractivity contribution in [1.82, 2.24) is 9.80 Å². The van der Waals surface area contributed by atoms with Crippen LogP contribution >= 0.6 is 11.3 Å². The van der Waals surface area contributed by atoms with E-state index in [2.05, 4.69) is 0 Å². The van der Waals surface area contributed by atoms with Crippen molar-refractivity contribution >= 4 is 23.2 Å². The molecule has 1 saturated heterocycles. The van der Waals surface area contributed by atoms with Gasteiger partial charge in [0.25, 0.3) is 0 Å². The van der Waals surface area contributed by atoms with Crippen LogP contribution in [-0.2, 0) is 27.4 Å². The van der Waals surface area contributed by atoms with E-state index in [1.54, 1.807) is 33.3 Å². The van der Waals surface area contributed by atoms with Crippen molar-refractivity contribution in [3.63, 3.8) is 0 Å². The Morgan fingerprint density at radius 2 is 1.81 bits per heavy atom. The normalized spacial score (nSPS) is 15.9. The largest absolute Gasteiger partial charge is 0.376 e. The van der Waals surface area contributed by atoms with Crippen LogP contribution in [0, 0.1) is 12.7 Å². The lowest BCUT2D eigenvalue weighted by molar-refractivity contribution is -0.143. The van der Waals surface area contributed by atoms with Gasteiger partial charge in [-0.2, -0.15) is 0 Å². The lowest BCUT2D eigenvalue weighted by Gasteiger charge is -2.31. The number of aryl methyl sites for hydroxylation is 1. The van der Waals surface area contributed by atoms with Crippen molar-refractivity contribution in [2.45, 2.75) is 58.2 Å². The molecule has 0 N–H and O–H groups in total. The predicted molar refractivity (Wildman–Crippen MR) is 145 cm³/mol. The van der Waals surface area contributed by atoms with Crippen LogP contribution in [0.2, 0.25) is 0 Å². The van der Waals surface area contributed by atoms with Crippen LogP contribution in [0.5, 0.6) is 0 Å². The second kappa shape index (κ2) is 13.0. The summed E-state index contributed by atoms with van der Waals surface area (Å²) in [5.41, 5.74) is 2.93. The predicted octanol–water partition coefficient (Wildman–Crippen LogP) is 5.93. The Bertz CT molecular complexity index is 1160. The molecular formula is C30H35FN2O3S. The quantitative estimate of drug-likeness (QED) is 0.314. The molecule has 0 bridgehead atoms. The summed E-state index contributed by atoms with van der Waals surface area (Å²) in [6, 6.07) is 18.0. The van der Waals surface area contributed by atoms with E-state index in [1.807, 2.05) is 55.6 Å². The molecule has 4 rings (SSSR count). The summed E-state index contributed by atoms with van der Waals surface area (Å²) in [4.78, 5) is 32.2. The van der Waals surface area contributed by atoms with E-state index in [0.717, 1.165) is 34.4 Å². The number of amides is 2. The van der Waals surface area contributed by atoms with E-state index in [4.69, 9.17) is 4.74 Å². The van der Waals surface area contributed by atoms with Gasteiger partial charge in [-0.25, -0.2) is 4.39 Å². The van der Waals surface area contributed by atoms with Crippen LogP contribution in [-0.4, -0.2) is 47.4 Å². The average molecular weight is 523 g/mol. The van der Waals surface area contributed by atoms with E-state index >= 15 is 0 Å². The van der Waals surface area contributed by atoms with Crippen LogP contribution in [0.15, 0.2) is 66.0 Å². The standard InChI is InChI=1S/C30H35FN2O3S/c1-3-27(24-8-5-4-6-9-24)30(35)33(19-26-10-7-16-36-26)21-29(34)32(20-28-22(2)15-17-37-28)18-23-11-13-25(31)14-12-23/h4-6,8-9,11-15,17,26-27H,3,7,10,16,18-21H2,1-2H3. The molecule has 0 radical (unpaired) electrons. The molecule has 0 spiro atoms. The van der Waals surface area contributed by atoms with Gasteiger partial charge in [0.05, 0.1) is 25.1 Å². The average Bonchev–Trinajstić information content (AvgIpc) is 3.57. The van der Waals surface area contributed by atoms with Crippen molar-refractivity contribution in [3.8, 4) is 0 Å². The van der Waals surface area contributed by atoms with E-state index < -0.39 is 0 Å². The molecule has 2 heterocycles. The molecular weight excluding hydrogens is 487 g/mol. The summed E-state index contributed by atoms with van der Waals surface area (Å²) in [5, 5.41) is 2.02. The molecule has 1 fully saturated rings. The second-order valence-corrected chi connectivity index (χ2v) is 10.6. The topological polar surface area (TPSA) is 49.9 Å². The molecule has 2 amide bonds. The molecule has 196 valence electrons. The molecule has 0 aliphatic carbocycles. The third kappa shape index (κ3) is 7.27. The van der Waals surface area contributed by atoms with Crippen LogP contribution in [0.3, 0.4) is 0 Å².